The van der Waals surface area contributed by atoms with Gasteiger partial charge in [-0.15, -0.1) is 0 Å². The van der Waals surface area contributed by atoms with Crippen LogP contribution in [0.25, 0.3) is 0 Å². The Balaban J connectivity index is 4.12. The lowest BCUT2D eigenvalue weighted by Gasteiger charge is -2.18. The first-order chi connectivity index (χ1) is 7.38. The van der Waals surface area contributed by atoms with E-state index in [1.165, 1.54) is 6.08 Å². The quantitative estimate of drug-likeness (QED) is 0.309. The Morgan fingerprint density at radius 1 is 1.44 bits per heavy atom. The summed E-state index contributed by atoms with van der Waals surface area (Å²) in [6.45, 7) is 2.86. The van der Waals surface area contributed by atoms with Gasteiger partial charge in [-0.1, -0.05) is 13.3 Å². The number of hydrogen-bond donors (Lipinski definition) is 0. The van der Waals surface area contributed by atoms with Crippen LogP contribution in [0.5, 0.6) is 0 Å². The van der Waals surface area contributed by atoms with Crippen LogP contribution < -0.4 is 0 Å². The smallest absolute Gasteiger partial charge is 0.455 e. The predicted molar refractivity (Wildman–Crippen MR) is 51.4 cm³/mol. The monoisotopic (exact) mass is 240 g/mol. The van der Waals surface area contributed by atoms with Gasteiger partial charge in [-0.3, -0.25) is 4.79 Å². The minimum atomic E-state index is -4.72. The third-order valence-electron chi connectivity index (χ3n) is 1.56. The molecule has 0 heterocycles. The molecule has 0 N–H and O–H groups in total. The molecule has 0 aliphatic rings. The third kappa shape index (κ3) is 7.14. The zero-order chi connectivity index (χ0) is 12.6. The fraction of sp³-hybridized carbons (Fsp3) is 0.700. The Bertz CT molecular complexity index is 236. The van der Waals surface area contributed by atoms with E-state index < -0.39 is 18.4 Å². The van der Waals surface area contributed by atoms with Crippen LogP contribution in [0.15, 0.2) is 12.3 Å². The van der Waals surface area contributed by atoms with Crippen molar-refractivity contribution < 1.29 is 27.4 Å². The molecule has 0 saturated heterocycles. The van der Waals surface area contributed by atoms with Crippen LogP contribution in [0.3, 0.4) is 0 Å². The van der Waals surface area contributed by atoms with E-state index in [2.05, 4.69) is 9.47 Å². The molecule has 94 valence electrons. The van der Waals surface area contributed by atoms with Crippen molar-refractivity contribution >= 4 is 5.97 Å². The molecule has 0 amide bonds. The van der Waals surface area contributed by atoms with Crippen molar-refractivity contribution in [3.63, 3.8) is 0 Å². The Kier molecular flexibility index (Phi) is 6.60. The summed E-state index contributed by atoms with van der Waals surface area (Å²) < 4.78 is 45.0. The number of hydrogen-bond acceptors (Lipinski definition) is 3. The molecule has 1 unspecified atom stereocenters. The minimum Gasteiger partial charge on any atom is -0.455 e. The highest BCUT2D eigenvalue weighted by Gasteiger charge is 2.44. The van der Waals surface area contributed by atoms with Crippen molar-refractivity contribution in [3.05, 3.63) is 12.3 Å². The van der Waals surface area contributed by atoms with Gasteiger partial charge in [-0.25, -0.2) is 0 Å². The van der Waals surface area contributed by atoms with Gasteiger partial charge in [0.15, 0.2) is 0 Å². The first-order valence-electron chi connectivity index (χ1n) is 4.92. The number of halogens is 3. The molecule has 0 fully saturated rings. The molecule has 16 heavy (non-hydrogen) atoms. The molecule has 1 atom stereocenters. The van der Waals surface area contributed by atoms with Crippen LogP contribution in [0.2, 0.25) is 0 Å². The molecule has 6 heteroatoms. The largest absolute Gasteiger partial charge is 0.464 e. The van der Waals surface area contributed by atoms with E-state index in [0.29, 0.717) is 6.42 Å². The van der Waals surface area contributed by atoms with Crippen LogP contribution >= 0.6 is 0 Å². The van der Waals surface area contributed by atoms with Crippen LogP contribution in [0, 0.1) is 0 Å². The second-order valence-electron chi connectivity index (χ2n) is 3.13. The molecule has 0 aromatic heterocycles. The molecule has 0 aliphatic carbocycles. The standard InChI is InChI=1S/C10H15F3O3/c1-3-4-5-6-7-15-9(10(11,12)13)16-8(2)14/h6-7,9H,3-5H2,1-2H3/b7-6+. The van der Waals surface area contributed by atoms with Crippen molar-refractivity contribution in [1.82, 2.24) is 0 Å². The zero-order valence-electron chi connectivity index (χ0n) is 9.21. The Labute approximate surface area is 92.2 Å². The van der Waals surface area contributed by atoms with Gasteiger partial charge in [-0.05, 0) is 18.9 Å². The number of ether oxygens (including phenoxy) is 2. The van der Waals surface area contributed by atoms with Gasteiger partial charge in [0, 0.05) is 6.92 Å². The number of alkyl halides is 3. The van der Waals surface area contributed by atoms with E-state index >= 15 is 0 Å². The van der Waals surface area contributed by atoms with Gasteiger partial charge in [0.05, 0.1) is 6.26 Å². The van der Waals surface area contributed by atoms with Crippen molar-refractivity contribution in [3.8, 4) is 0 Å². The highest BCUT2D eigenvalue weighted by Crippen LogP contribution is 2.24. The summed E-state index contributed by atoms with van der Waals surface area (Å²) in [5, 5.41) is 0. The van der Waals surface area contributed by atoms with Gasteiger partial charge in [-0.2, -0.15) is 13.2 Å². The zero-order valence-corrected chi connectivity index (χ0v) is 9.21. The molecule has 0 aliphatic heterocycles. The lowest BCUT2D eigenvalue weighted by Crippen LogP contribution is -2.34. The van der Waals surface area contributed by atoms with Gasteiger partial charge in [0.1, 0.15) is 0 Å². The molecule has 3 nitrogen and oxygen atoms in total. The van der Waals surface area contributed by atoms with Crippen LogP contribution in [0.1, 0.15) is 33.1 Å². The van der Waals surface area contributed by atoms with E-state index in [-0.39, 0.29) is 0 Å². The van der Waals surface area contributed by atoms with Gasteiger partial charge >= 0.3 is 18.4 Å². The fourth-order valence-electron chi connectivity index (χ4n) is 0.839. The molecule has 0 rings (SSSR count). The number of esters is 1. The van der Waals surface area contributed by atoms with Crippen LogP contribution in [0.4, 0.5) is 13.2 Å². The van der Waals surface area contributed by atoms with Crippen LogP contribution in [-0.4, -0.2) is 18.4 Å². The average molecular weight is 240 g/mol. The van der Waals surface area contributed by atoms with Crippen molar-refractivity contribution in [2.24, 2.45) is 0 Å². The molecule has 0 aromatic rings. The number of allylic oxidation sites excluding steroid dienone is 1. The second kappa shape index (κ2) is 7.14. The normalized spacial score (nSPS) is 13.8. The van der Waals surface area contributed by atoms with Gasteiger partial charge in [0.25, 0.3) is 0 Å². The summed E-state index contributed by atoms with van der Waals surface area (Å²) in [4.78, 5) is 10.4. The summed E-state index contributed by atoms with van der Waals surface area (Å²) >= 11 is 0. The molecular weight excluding hydrogens is 225 g/mol. The molecule has 0 spiro atoms. The first kappa shape index (κ1) is 14.8. The topological polar surface area (TPSA) is 35.5 Å². The first-order valence-corrected chi connectivity index (χ1v) is 4.92. The van der Waals surface area contributed by atoms with E-state index in [4.69, 9.17) is 0 Å². The Morgan fingerprint density at radius 3 is 2.50 bits per heavy atom. The fourth-order valence-corrected chi connectivity index (χ4v) is 0.839. The Morgan fingerprint density at radius 2 is 2.06 bits per heavy atom. The van der Waals surface area contributed by atoms with Crippen LogP contribution in [-0.2, 0) is 14.3 Å². The summed E-state index contributed by atoms with van der Waals surface area (Å²) in [6, 6.07) is 0. The van der Waals surface area contributed by atoms with Crippen molar-refractivity contribution in [1.29, 1.82) is 0 Å². The minimum absolute atomic E-state index is 0.626. The summed E-state index contributed by atoms with van der Waals surface area (Å²) in [7, 11) is 0. The lowest BCUT2D eigenvalue weighted by molar-refractivity contribution is -0.285. The number of carbonyl (C=O) groups is 1. The van der Waals surface area contributed by atoms with E-state index in [1.807, 2.05) is 6.92 Å². The number of carbonyl (C=O) groups excluding carboxylic acids is 1. The van der Waals surface area contributed by atoms with Crippen molar-refractivity contribution in [2.75, 3.05) is 0 Å². The van der Waals surface area contributed by atoms with E-state index in [1.54, 1.807) is 0 Å². The van der Waals surface area contributed by atoms with Crippen molar-refractivity contribution in [2.45, 2.75) is 45.6 Å². The molecule has 0 aromatic carbocycles. The van der Waals surface area contributed by atoms with E-state index in [9.17, 15) is 18.0 Å². The Hall–Kier alpha value is -1.20. The maximum atomic E-state index is 12.2. The van der Waals surface area contributed by atoms with Gasteiger partial charge in [0.2, 0.25) is 0 Å². The van der Waals surface area contributed by atoms with E-state index in [0.717, 1.165) is 26.0 Å². The highest BCUT2D eigenvalue weighted by atomic mass is 19.4. The summed E-state index contributed by atoms with van der Waals surface area (Å²) in [6.07, 6.45) is -2.44. The number of unbranched alkanes of at least 4 members (excludes halogenated alkanes) is 2. The average Bonchev–Trinajstić information content (AvgIpc) is 2.13. The third-order valence-corrected chi connectivity index (χ3v) is 1.56. The molecule has 0 bridgehead atoms. The SMILES string of the molecule is CCCC/C=C/OC(OC(C)=O)C(F)(F)F. The maximum absolute atomic E-state index is 12.2. The molecule has 0 saturated carbocycles. The predicted octanol–water partition coefficient (Wildman–Crippen LogP) is 3.16. The lowest BCUT2D eigenvalue weighted by atomic mass is 10.2. The highest BCUT2D eigenvalue weighted by molar-refractivity contribution is 5.66. The summed E-state index contributed by atoms with van der Waals surface area (Å²) in [5.41, 5.74) is 0. The molecule has 0 radical (unpaired) electrons. The summed E-state index contributed by atoms with van der Waals surface area (Å²) in [5.74, 6) is -1.04. The number of rotatable bonds is 6. The molecular formula is C10H15F3O3. The maximum Gasteiger partial charge on any atom is 0.464 e. The second-order valence-corrected chi connectivity index (χ2v) is 3.13. The van der Waals surface area contributed by atoms with Gasteiger partial charge < -0.3 is 9.47 Å².